The molecule has 0 saturated carbocycles. The molecule has 0 spiro atoms. The SMILES string of the molecule is CCONC(C)c1ccc2ccccc2c1. The van der Waals surface area contributed by atoms with Gasteiger partial charge in [0.15, 0.2) is 0 Å². The summed E-state index contributed by atoms with van der Waals surface area (Å²) < 4.78 is 0. The molecule has 2 aromatic rings. The Morgan fingerprint density at radius 3 is 2.62 bits per heavy atom. The Balaban J connectivity index is 2.25. The van der Waals surface area contributed by atoms with Gasteiger partial charge in [-0.05, 0) is 36.2 Å². The minimum atomic E-state index is 0.213. The molecule has 0 amide bonds. The van der Waals surface area contributed by atoms with Crippen molar-refractivity contribution in [2.24, 2.45) is 0 Å². The summed E-state index contributed by atoms with van der Waals surface area (Å²) in [6, 6.07) is 15.1. The number of benzene rings is 2. The minimum absolute atomic E-state index is 0.213. The van der Waals surface area contributed by atoms with E-state index in [1.165, 1.54) is 16.3 Å². The molecule has 0 aromatic heterocycles. The topological polar surface area (TPSA) is 21.3 Å². The molecular weight excluding hydrogens is 198 g/mol. The summed E-state index contributed by atoms with van der Waals surface area (Å²) in [4.78, 5) is 5.21. The van der Waals surface area contributed by atoms with Crippen LogP contribution in [0, 0.1) is 0 Å². The van der Waals surface area contributed by atoms with Crippen molar-refractivity contribution in [3.63, 3.8) is 0 Å². The van der Waals surface area contributed by atoms with Gasteiger partial charge in [0.25, 0.3) is 0 Å². The first-order valence-corrected chi connectivity index (χ1v) is 5.67. The maximum atomic E-state index is 5.21. The second-order valence-corrected chi connectivity index (χ2v) is 3.88. The average molecular weight is 215 g/mol. The lowest BCUT2D eigenvalue weighted by Gasteiger charge is -2.13. The predicted molar refractivity (Wildman–Crippen MR) is 67.1 cm³/mol. The second kappa shape index (κ2) is 5.10. The van der Waals surface area contributed by atoms with Gasteiger partial charge in [0.1, 0.15) is 0 Å². The van der Waals surface area contributed by atoms with Crippen LogP contribution in [0.5, 0.6) is 0 Å². The molecule has 0 bridgehead atoms. The van der Waals surface area contributed by atoms with Crippen LogP contribution in [0.1, 0.15) is 25.5 Å². The van der Waals surface area contributed by atoms with Crippen molar-refractivity contribution in [3.8, 4) is 0 Å². The van der Waals surface area contributed by atoms with Gasteiger partial charge in [-0.2, -0.15) is 5.48 Å². The largest absolute Gasteiger partial charge is 0.302 e. The Morgan fingerprint density at radius 1 is 1.12 bits per heavy atom. The highest BCUT2D eigenvalue weighted by Crippen LogP contribution is 2.20. The van der Waals surface area contributed by atoms with E-state index < -0.39 is 0 Å². The molecule has 1 unspecified atom stereocenters. The second-order valence-electron chi connectivity index (χ2n) is 3.88. The Bertz CT molecular complexity index is 467. The van der Waals surface area contributed by atoms with Crippen molar-refractivity contribution in [1.29, 1.82) is 0 Å². The number of hydroxylamine groups is 1. The molecule has 1 atom stereocenters. The van der Waals surface area contributed by atoms with Gasteiger partial charge in [0.2, 0.25) is 0 Å². The van der Waals surface area contributed by atoms with E-state index in [1.54, 1.807) is 0 Å². The normalized spacial score (nSPS) is 12.9. The third-order valence-corrected chi connectivity index (χ3v) is 2.68. The highest BCUT2D eigenvalue weighted by atomic mass is 16.6. The number of rotatable bonds is 4. The van der Waals surface area contributed by atoms with Crippen LogP contribution in [-0.4, -0.2) is 6.61 Å². The van der Waals surface area contributed by atoms with Crippen molar-refractivity contribution < 1.29 is 4.84 Å². The molecule has 2 rings (SSSR count). The van der Waals surface area contributed by atoms with E-state index in [4.69, 9.17) is 4.84 Å². The monoisotopic (exact) mass is 215 g/mol. The van der Waals surface area contributed by atoms with Crippen LogP contribution in [0.2, 0.25) is 0 Å². The third kappa shape index (κ3) is 2.40. The molecule has 84 valence electrons. The Hall–Kier alpha value is -1.38. The number of hydrogen-bond acceptors (Lipinski definition) is 2. The Morgan fingerprint density at radius 2 is 1.88 bits per heavy atom. The third-order valence-electron chi connectivity index (χ3n) is 2.68. The molecule has 2 heteroatoms. The fourth-order valence-corrected chi connectivity index (χ4v) is 1.75. The summed E-state index contributed by atoms with van der Waals surface area (Å²) in [5, 5.41) is 2.54. The molecule has 0 aliphatic carbocycles. The first kappa shape index (κ1) is 11.1. The van der Waals surface area contributed by atoms with Crippen LogP contribution < -0.4 is 5.48 Å². The van der Waals surface area contributed by atoms with Gasteiger partial charge in [0, 0.05) is 0 Å². The summed E-state index contributed by atoms with van der Waals surface area (Å²) in [6.07, 6.45) is 0. The first-order chi connectivity index (χ1) is 7.81. The van der Waals surface area contributed by atoms with Crippen LogP contribution in [0.25, 0.3) is 10.8 Å². The zero-order chi connectivity index (χ0) is 11.4. The van der Waals surface area contributed by atoms with E-state index in [1.807, 2.05) is 6.92 Å². The van der Waals surface area contributed by atoms with E-state index in [-0.39, 0.29) is 6.04 Å². The smallest absolute Gasteiger partial charge is 0.0654 e. The average Bonchev–Trinajstić information content (AvgIpc) is 2.35. The van der Waals surface area contributed by atoms with Gasteiger partial charge in [0.05, 0.1) is 12.6 Å². The van der Waals surface area contributed by atoms with Crippen molar-refractivity contribution in [2.75, 3.05) is 6.61 Å². The standard InChI is InChI=1S/C14H17NO/c1-3-16-15-11(2)13-9-8-12-6-4-5-7-14(12)10-13/h4-11,15H,3H2,1-2H3. The van der Waals surface area contributed by atoms with Crippen LogP contribution in [0.3, 0.4) is 0 Å². The van der Waals surface area contributed by atoms with Crippen molar-refractivity contribution in [1.82, 2.24) is 5.48 Å². The highest BCUT2D eigenvalue weighted by Gasteiger charge is 2.04. The van der Waals surface area contributed by atoms with Crippen LogP contribution in [-0.2, 0) is 4.84 Å². The highest BCUT2D eigenvalue weighted by molar-refractivity contribution is 5.83. The van der Waals surface area contributed by atoms with Crippen LogP contribution >= 0.6 is 0 Å². The Kier molecular flexibility index (Phi) is 3.54. The molecule has 1 N–H and O–H groups in total. The van der Waals surface area contributed by atoms with Gasteiger partial charge in [-0.25, -0.2) is 0 Å². The van der Waals surface area contributed by atoms with E-state index in [2.05, 4.69) is 54.9 Å². The summed E-state index contributed by atoms with van der Waals surface area (Å²) in [5.74, 6) is 0. The molecule has 0 saturated heterocycles. The summed E-state index contributed by atoms with van der Waals surface area (Å²) in [5.41, 5.74) is 4.26. The predicted octanol–water partition coefficient (Wildman–Crippen LogP) is 3.44. The van der Waals surface area contributed by atoms with Crippen LogP contribution in [0.4, 0.5) is 0 Å². The fraction of sp³-hybridized carbons (Fsp3) is 0.286. The van der Waals surface area contributed by atoms with Gasteiger partial charge < -0.3 is 4.84 Å². The zero-order valence-electron chi connectivity index (χ0n) is 9.73. The van der Waals surface area contributed by atoms with E-state index in [0.717, 1.165) is 0 Å². The van der Waals surface area contributed by atoms with Crippen molar-refractivity contribution in [2.45, 2.75) is 19.9 Å². The van der Waals surface area contributed by atoms with E-state index in [0.29, 0.717) is 6.61 Å². The number of nitrogens with one attached hydrogen (secondary N) is 1. The summed E-state index contributed by atoms with van der Waals surface area (Å²) >= 11 is 0. The fourth-order valence-electron chi connectivity index (χ4n) is 1.75. The quantitative estimate of drug-likeness (QED) is 0.789. The molecule has 2 aromatic carbocycles. The minimum Gasteiger partial charge on any atom is -0.302 e. The molecule has 0 fully saturated rings. The molecular formula is C14H17NO. The zero-order valence-corrected chi connectivity index (χ0v) is 9.73. The summed E-state index contributed by atoms with van der Waals surface area (Å²) in [7, 11) is 0. The summed E-state index contributed by atoms with van der Waals surface area (Å²) in [6.45, 7) is 4.75. The van der Waals surface area contributed by atoms with Crippen molar-refractivity contribution in [3.05, 3.63) is 48.0 Å². The van der Waals surface area contributed by atoms with Gasteiger partial charge in [-0.1, -0.05) is 36.4 Å². The van der Waals surface area contributed by atoms with Gasteiger partial charge in [-0.3, -0.25) is 0 Å². The van der Waals surface area contributed by atoms with E-state index in [9.17, 15) is 0 Å². The Labute approximate surface area is 96.2 Å². The van der Waals surface area contributed by atoms with Gasteiger partial charge in [-0.15, -0.1) is 0 Å². The first-order valence-electron chi connectivity index (χ1n) is 5.67. The van der Waals surface area contributed by atoms with E-state index >= 15 is 0 Å². The van der Waals surface area contributed by atoms with Crippen LogP contribution in [0.15, 0.2) is 42.5 Å². The number of fused-ring (bicyclic) bond motifs is 1. The maximum absolute atomic E-state index is 5.21. The molecule has 0 radical (unpaired) electrons. The number of hydrogen-bond donors (Lipinski definition) is 1. The lowest BCUT2D eigenvalue weighted by atomic mass is 10.0. The molecule has 0 aliphatic heterocycles. The molecule has 16 heavy (non-hydrogen) atoms. The lowest BCUT2D eigenvalue weighted by Crippen LogP contribution is -2.18. The maximum Gasteiger partial charge on any atom is 0.0654 e. The molecule has 0 heterocycles. The molecule has 2 nitrogen and oxygen atoms in total. The van der Waals surface area contributed by atoms with Crippen molar-refractivity contribution >= 4 is 10.8 Å². The van der Waals surface area contributed by atoms with Gasteiger partial charge >= 0.3 is 0 Å². The lowest BCUT2D eigenvalue weighted by molar-refractivity contribution is 0.0285. The molecule has 0 aliphatic rings.